The second-order valence-electron chi connectivity index (χ2n) is 7.54. The first-order chi connectivity index (χ1) is 10.5. The molecule has 4 rings (SSSR count). The molecule has 4 atom stereocenters. The number of methoxy groups -OCH3 is 1. The standard InChI is InChI=1S/C20H24O2/c1-12-19(21)11-18-17-6-4-13-10-14(22-3)5-7-15(13)16(17)8-9-20(12,18)2/h5,7,10,16-18H,1,4,6,8-9,11H2,2-3H3/t16-,17-,18+,20-/m1/s1. The first-order valence-electron chi connectivity index (χ1n) is 8.44. The van der Waals surface area contributed by atoms with Crippen molar-refractivity contribution in [1.82, 2.24) is 0 Å². The lowest BCUT2D eigenvalue weighted by Crippen LogP contribution is -2.40. The molecule has 0 aromatic heterocycles. The van der Waals surface area contributed by atoms with Crippen LogP contribution in [0.25, 0.3) is 0 Å². The van der Waals surface area contributed by atoms with Gasteiger partial charge >= 0.3 is 0 Å². The summed E-state index contributed by atoms with van der Waals surface area (Å²) in [5.41, 5.74) is 3.91. The Kier molecular flexibility index (Phi) is 3.01. The zero-order chi connectivity index (χ0) is 15.5. The quantitative estimate of drug-likeness (QED) is 0.723. The van der Waals surface area contributed by atoms with Crippen molar-refractivity contribution in [3.63, 3.8) is 0 Å². The molecule has 2 fully saturated rings. The number of benzene rings is 1. The third-order valence-corrected chi connectivity index (χ3v) is 6.75. The van der Waals surface area contributed by atoms with Crippen LogP contribution in [0.2, 0.25) is 0 Å². The van der Waals surface area contributed by atoms with Gasteiger partial charge in [0.1, 0.15) is 5.75 Å². The van der Waals surface area contributed by atoms with Crippen molar-refractivity contribution in [3.8, 4) is 5.75 Å². The van der Waals surface area contributed by atoms with E-state index in [0.717, 1.165) is 30.6 Å². The molecule has 0 amide bonds. The van der Waals surface area contributed by atoms with Crippen LogP contribution in [0, 0.1) is 17.3 Å². The van der Waals surface area contributed by atoms with Crippen LogP contribution in [-0.2, 0) is 11.2 Å². The van der Waals surface area contributed by atoms with Crippen molar-refractivity contribution in [2.75, 3.05) is 7.11 Å². The summed E-state index contributed by atoms with van der Waals surface area (Å²) in [5.74, 6) is 3.03. The Morgan fingerprint density at radius 1 is 1.32 bits per heavy atom. The molecule has 0 heterocycles. The molecule has 22 heavy (non-hydrogen) atoms. The molecule has 2 nitrogen and oxygen atoms in total. The Morgan fingerprint density at radius 2 is 2.14 bits per heavy atom. The van der Waals surface area contributed by atoms with Crippen molar-refractivity contribution >= 4 is 5.78 Å². The number of rotatable bonds is 1. The summed E-state index contributed by atoms with van der Waals surface area (Å²) in [5, 5.41) is 0. The van der Waals surface area contributed by atoms with E-state index in [4.69, 9.17) is 4.74 Å². The van der Waals surface area contributed by atoms with Gasteiger partial charge in [-0.25, -0.2) is 0 Å². The maximum Gasteiger partial charge on any atom is 0.159 e. The van der Waals surface area contributed by atoms with Gasteiger partial charge in [0.25, 0.3) is 0 Å². The second kappa shape index (κ2) is 4.71. The molecule has 2 heteroatoms. The largest absolute Gasteiger partial charge is 0.497 e. The monoisotopic (exact) mass is 296 g/mol. The van der Waals surface area contributed by atoms with E-state index in [0.29, 0.717) is 23.5 Å². The van der Waals surface area contributed by atoms with Gasteiger partial charge in [0.15, 0.2) is 5.78 Å². The van der Waals surface area contributed by atoms with Crippen LogP contribution in [0.15, 0.2) is 30.4 Å². The maximum atomic E-state index is 12.2. The normalized spacial score (nSPS) is 36.5. The fourth-order valence-corrected chi connectivity index (χ4v) is 5.40. The number of ether oxygens (including phenoxy) is 1. The van der Waals surface area contributed by atoms with E-state index in [1.54, 1.807) is 7.11 Å². The molecule has 0 bridgehead atoms. The molecule has 0 saturated heterocycles. The summed E-state index contributed by atoms with van der Waals surface area (Å²) in [6, 6.07) is 6.56. The molecular weight excluding hydrogens is 272 g/mol. The van der Waals surface area contributed by atoms with Gasteiger partial charge in [-0.1, -0.05) is 19.6 Å². The SMILES string of the molecule is C=C1C(=O)C[C@H]2[C@@H]3CCc4cc(OC)ccc4[C@H]3CC[C@]12C. The number of hydrogen-bond donors (Lipinski definition) is 0. The number of carbonyl (C=O) groups is 1. The first kappa shape index (κ1) is 14.0. The highest BCUT2D eigenvalue weighted by atomic mass is 16.5. The third-order valence-electron chi connectivity index (χ3n) is 6.75. The average molecular weight is 296 g/mol. The number of allylic oxidation sites excluding steroid dienone is 1. The summed E-state index contributed by atoms with van der Waals surface area (Å²) in [6.07, 6.45) is 5.33. The molecule has 0 radical (unpaired) electrons. The molecule has 0 spiro atoms. The zero-order valence-corrected chi connectivity index (χ0v) is 13.5. The summed E-state index contributed by atoms with van der Waals surface area (Å²) < 4.78 is 5.37. The van der Waals surface area contributed by atoms with Gasteiger partial charge in [-0.05, 0) is 77.7 Å². The molecule has 1 aromatic carbocycles. The number of carbonyl (C=O) groups excluding carboxylic acids is 1. The molecule has 0 N–H and O–H groups in total. The van der Waals surface area contributed by atoms with Crippen LogP contribution in [0.1, 0.15) is 49.7 Å². The molecule has 3 aliphatic rings. The fraction of sp³-hybridized carbons (Fsp3) is 0.550. The Hall–Kier alpha value is -1.57. The van der Waals surface area contributed by atoms with Crippen LogP contribution in [-0.4, -0.2) is 12.9 Å². The molecule has 0 unspecified atom stereocenters. The molecule has 1 aromatic rings. The van der Waals surface area contributed by atoms with Crippen molar-refractivity contribution in [2.24, 2.45) is 17.3 Å². The Balaban J connectivity index is 1.71. The van der Waals surface area contributed by atoms with Crippen molar-refractivity contribution in [1.29, 1.82) is 0 Å². The zero-order valence-electron chi connectivity index (χ0n) is 13.5. The van der Waals surface area contributed by atoms with E-state index in [1.807, 2.05) is 0 Å². The van der Waals surface area contributed by atoms with Crippen molar-refractivity contribution < 1.29 is 9.53 Å². The van der Waals surface area contributed by atoms with E-state index in [1.165, 1.54) is 24.0 Å². The number of aryl methyl sites for hydroxylation is 1. The average Bonchev–Trinajstić information content (AvgIpc) is 2.77. The lowest BCUT2D eigenvalue weighted by atomic mass is 9.55. The molecule has 2 saturated carbocycles. The lowest BCUT2D eigenvalue weighted by Gasteiger charge is -2.49. The predicted octanol–water partition coefficient (Wildman–Crippen LogP) is 4.29. The lowest BCUT2D eigenvalue weighted by molar-refractivity contribution is -0.115. The van der Waals surface area contributed by atoms with Gasteiger partial charge in [-0.2, -0.15) is 0 Å². The maximum absolute atomic E-state index is 12.2. The van der Waals surface area contributed by atoms with Crippen LogP contribution < -0.4 is 4.74 Å². The summed E-state index contributed by atoms with van der Waals surface area (Å²) in [6.45, 7) is 6.41. The fourth-order valence-electron chi connectivity index (χ4n) is 5.40. The highest BCUT2D eigenvalue weighted by molar-refractivity contribution is 5.99. The Morgan fingerprint density at radius 3 is 2.91 bits per heavy atom. The molecule has 0 aliphatic heterocycles. The summed E-state index contributed by atoms with van der Waals surface area (Å²) in [4.78, 5) is 12.2. The molecule has 116 valence electrons. The van der Waals surface area contributed by atoms with Crippen LogP contribution in [0.4, 0.5) is 0 Å². The Labute approximate surface area is 132 Å². The first-order valence-corrected chi connectivity index (χ1v) is 8.44. The van der Waals surface area contributed by atoms with E-state index in [-0.39, 0.29) is 5.41 Å². The van der Waals surface area contributed by atoms with E-state index in [2.05, 4.69) is 31.7 Å². The van der Waals surface area contributed by atoms with Gasteiger partial charge in [-0.15, -0.1) is 0 Å². The van der Waals surface area contributed by atoms with Gasteiger partial charge in [0, 0.05) is 6.42 Å². The van der Waals surface area contributed by atoms with E-state index in [9.17, 15) is 4.79 Å². The van der Waals surface area contributed by atoms with Gasteiger partial charge in [0.2, 0.25) is 0 Å². The smallest absolute Gasteiger partial charge is 0.159 e. The highest BCUT2D eigenvalue weighted by Crippen LogP contribution is 2.61. The number of Topliss-reactive ketones (excluding diaryl/α,β-unsaturated/α-hetero) is 1. The summed E-state index contributed by atoms with van der Waals surface area (Å²) >= 11 is 0. The van der Waals surface area contributed by atoms with Crippen LogP contribution in [0.5, 0.6) is 5.75 Å². The Bertz CT molecular complexity index is 660. The van der Waals surface area contributed by atoms with Gasteiger partial charge in [0.05, 0.1) is 7.11 Å². The predicted molar refractivity (Wildman–Crippen MR) is 87.1 cm³/mol. The highest BCUT2D eigenvalue weighted by Gasteiger charge is 2.54. The van der Waals surface area contributed by atoms with E-state index >= 15 is 0 Å². The van der Waals surface area contributed by atoms with Crippen LogP contribution in [0.3, 0.4) is 0 Å². The number of ketones is 1. The molecular formula is C20H24O2. The van der Waals surface area contributed by atoms with Crippen LogP contribution >= 0.6 is 0 Å². The molecule has 3 aliphatic carbocycles. The van der Waals surface area contributed by atoms with Gasteiger partial charge in [-0.3, -0.25) is 4.79 Å². The second-order valence-corrected chi connectivity index (χ2v) is 7.54. The van der Waals surface area contributed by atoms with E-state index < -0.39 is 0 Å². The number of hydrogen-bond acceptors (Lipinski definition) is 2. The topological polar surface area (TPSA) is 26.3 Å². The number of fused-ring (bicyclic) bond motifs is 5. The minimum atomic E-state index is 0.0578. The third kappa shape index (κ3) is 1.76. The minimum Gasteiger partial charge on any atom is -0.497 e. The van der Waals surface area contributed by atoms with Gasteiger partial charge < -0.3 is 4.74 Å². The minimum absolute atomic E-state index is 0.0578. The summed E-state index contributed by atoms with van der Waals surface area (Å²) in [7, 11) is 1.73. The van der Waals surface area contributed by atoms with Crippen molar-refractivity contribution in [2.45, 2.75) is 44.9 Å². The van der Waals surface area contributed by atoms with Crippen molar-refractivity contribution in [3.05, 3.63) is 41.5 Å².